The zero-order valence-corrected chi connectivity index (χ0v) is 16.3. The van der Waals surface area contributed by atoms with Gasteiger partial charge in [0.15, 0.2) is 0 Å². The summed E-state index contributed by atoms with van der Waals surface area (Å²) in [4.78, 5) is 26.4. The van der Waals surface area contributed by atoms with E-state index in [1.165, 1.54) is 23.2 Å². The van der Waals surface area contributed by atoms with E-state index in [9.17, 15) is 9.59 Å². The predicted octanol–water partition coefficient (Wildman–Crippen LogP) is 2.98. The Morgan fingerprint density at radius 2 is 1.85 bits per heavy atom. The third-order valence-corrected chi connectivity index (χ3v) is 5.17. The summed E-state index contributed by atoms with van der Waals surface area (Å²) in [6, 6.07) is 12.1. The quantitative estimate of drug-likeness (QED) is 0.819. The minimum atomic E-state index is -0.634. The van der Waals surface area contributed by atoms with Crippen LogP contribution in [0.25, 0.3) is 0 Å². The van der Waals surface area contributed by atoms with Crippen LogP contribution in [0.3, 0.4) is 0 Å². The van der Waals surface area contributed by atoms with Crippen LogP contribution in [0.4, 0.5) is 11.4 Å². The molecule has 0 unspecified atom stereocenters. The fourth-order valence-electron chi connectivity index (χ4n) is 3.40. The van der Waals surface area contributed by atoms with Gasteiger partial charge in [0, 0.05) is 31.5 Å². The van der Waals surface area contributed by atoms with E-state index in [4.69, 9.17) is 0 Å². The van der Waals surface area contributed by atoms with E-state index >= 15 is 0 Å². The molecule has 3 rings (SSSR count). The Hall–Kier alpha value is -2.82. The second kappa shape index (κ2) is 8.25. The highest BCUT2D eigenvalue weighted by molar-refractivity contribution is 6.39. The summed E-state index contributed by atoms with van der Waals surface area (Å²) < 4.78 is 0. The second-order valence-corrected chi connectivity index (χ2v) is 7.25. The molecule has 0 fully saturated rings. The number of nitrogens with zero attached hydrogens (tertiary/aromatic N) is 1. The number of carbonyl (C=O) groups is 2. The number of hydrogen-bond acceptors (Lipinski definition) is 3. The molecule has 2 aromatic carbocycles. The third kappa shape index (κ3) is 4.67. The highest BCUT2D eigenvalue weighted by atomic mass is 16.2. The Morgan fingerprint density at radius 3 is 2.63 bits per heavy atom. The Bertz CT molecular complexity index is 861. The molecule has 0 radical (unpaired) electrons. The first-order chi connectivity index (χ1) is 12.9. The molecule has 0 saturated heterocycles. The van der Waals surface area contributed by atoms with Gasteiger partial charge in [-0.2, -0.15) is 0 Å². The van der Waals surface area contributed by atoms with Crippen molar-refractivity contribution >= 4 is 23.2 Å². The molecule has 27 heavy (non-hydrogen) atoms. The summed E-state index contributed by atoms with van der Waals surface area (Å²) in [5, 5.41) is 5.35. The number of rotatable bonds is 4. The first-order valence-electron chi connectivity index (χ1n) is 9.43. The molecule has 2 N–H and O–H groups in total. The number of amides is 2. The van der Waals surface area contributed by atoms with Gasteiger partial charge >= 0.3 is 11.8 Å². The van der Waals surface area contributed by atoms with Crippen molar-refractivity contribution in [2.45, 2.75) is 33.1 Å². The van der Waals surface area contributed by atoms with Crippen LogP contribution in [0.2, 0.25) is 0 Å². The molecule has 0 saturated carbocycles. The summed E-state index contributed by atoms with van der Waals surface area (Å²) in [5.41, 5.74) is 6.69. The van der Waals surface area contributed by atoms with Crippen molar-refractivity contribution in [2.75, 3.05) is 30.4 Å². The van der Waals surface area contributed by atoms with Crippen LogP contribution in [-0.4, -0.2) is 32.0 Å². The third-order valence-electron chi connectivity index (χ3n) is 5.17. The van der Waals surface area contributed by atoms with Crippen molar-refractivity contribution in [3.05, 3.63) is 58.7 Å². The van der Waals surface area contributed by atoms with Crippen molar-refractivity contribution in [1.29, 1.82) is 0 Å². The fourth-order valence-corrected chi connectivity index (χ4v) is 3.40. The molecule has 2 aromatic rings. The standard InChI is InChI=1S/C22H27N3O2/c1-15-6-8-19(13-16(15)2)24-22(27)21(26)23-11-10-17-7-9-20-18(14-17)5-4-12-25(20)3/h6-9,13-14H,4-5,10-12H2,1-3H3,(H,23,26)(H,24,27). The molecule has 0 aliphatic carbocycles. The van der Waals surface area contributed by atoms with Crippen LogP contribution < -0.4 is 15.5 Å². The topological polar surface area (TPSA) is 61.4 Å². The Balaban J connectivity index is 1.50. The van der Waals surface area contributed by atoms with Crippen molar-refractivity contribution in [3.63, 3.8) is 0 Å². The van der Waals surface area contributed by atoms with Crippen molar-refractivity contribution in [1.82, 2.24) is 5.32 Å². The molecule has 5 nitrogen and oxygen atoms in total. The molecule has 0 atom stereocenters. The second-order valence-electron chi connectivity index (χ2n) is 7.25. The van der Waals surface area contributed by atoms with E-state index in [1.54, 1.807) is 6.07 Å². The Labute approximate surface area is 160 Å². The highest BCUT2D eigenvalue weighted by Gasteiger charge is 2.15. The molecule has 1 heterocycles. The van der Waals surface area contributed by atoms with Gasteiger partial charge in [-0.05, 0) is 73.6 Å². The molecule has 0 bridgehead atoms. The smallest absolute Gasteiger partial charge is 0.313 e. The predicted molar refractivity (Wildman–Crippen MR) is 109 cm³/mol. The molecule has 0 spiro atoms. The lowest BCUT2D eigenvalue weighted by Gasteiger charge is -2.27. The maximum atomic E-state index is 12.1. The highest BCUT2D eigenvalue weighted by Crippen LogP contribution is 2.26. The summed E-state index contributed by atoms with van der Waals surface area (Å²) in [7, 11) is 2.12. The van der Waals surface area contributed by atoms with Crippen LogP contribution in [0.15, 0.2) is 36.4 Å². The van der Waals surface area contributed by atoms with E-state index in [-0.39, 0.29) is 0 Å². The maximum absolute atomic E-state index is 12.1. The normalized spacial score (nSPS) is 13.1. The van der Waals surface area contributed by atoms with Crippen molar-refractivity contribution < 1.29 is 9.59 Å². The number of carbonyl (C=O) groups excluding carboxylic acids is 2. The first kappa shape index (κ1) is 19.0. The number of fused-ring (bicyclic) bond motifs is 1. The van der Waals surface area contributed by atoms with Gasteiger partial charge in [0.1, 0.15) is 0 Å². The largest absolute Gasteiger partial charge is 0.374 e. The number of anilines is 2. The minimum absolute atomic E-state index is 0.438. The van der Waals surface area contributed by atoms with Gasteiger partial charge in [-0.15, -0.1) is 0 Å². The van der Waals surface area contributed by atoms with E-state index in [2.05, 4.69) is 40.8 Å². The fraction of sp³-hybridized carbons (Fsp3) is 0.364. The van der Waals surface area contributed by atoms with Gasteiger partial charge in [0.2, 0.25) is 0 Å². The lowest BCUT2D eigenvalue weighted by atomic mass is 9.98. The first-order valence-corrected chi connectivity index (χ1v) is 9.43. The Kier molecular flexibility index (Phi) is 5.79. The van der Waals surface area contributed by atoms with Crippen LogP contribution in [0.1, 0.15) is 28.7 Å². The summed E-state index contributed by atoms with van der Waals surface area (Å²) in [6.45, 7) is 5.51. The molecular formula is C22H27N3O2. The molecule has 0 aromatic heterocycles. The average Bonchev–Trinajstić information content (AvgIpc) is 2.65. The molecule has 1 aliphatic rings. The zero-order valence-electron chi connectivity index (χ0n) is 16.3. The molecule has 5 heteroatoms. The SMILES string of the molecule is Cc1ccc(NC(=O)C(=O)NCCc2ccc3c(c2)CCCN3C)cc1C. The van der Waals surface area contributed by atoms with Crippen LogP contribution in [-0.2, 0) is 22.4 Å². The summed E-state index contributed by atoms with van der Waals surface area (Å²) >= 11 is 0. The van der Waals surface area contributed by atoms with Crippen LogP contribution in [0.5, 0.6) is 0 Å². The minimum Gasteiger partial charge on any atom is -0.374 e. The van der Waals surface area contributed by atoms with Crippen LogP contribution in [0, 0.1) is 13.8 Å². The van der Waals surface area contributed by atoms with Gasteiger partial charge in [-0.25, -0.2) is 0 Å². The van der Waals surface area contributed by atoms with Crippen molar-refractivity contribution in [3.8, 4) is 0 Å². The monoisotopic (exact) mass is 365 g/mol. The van der Waals surface area contributed by atoms with Gasteiger partial charge in [-0.1, -0.05) is 18.2 Å². The summed E-state index contributed by atoms with van der Waals surface area (Å²) in [6.07, 6.45) is 2.97. The molecule has 2 amide bonds. The van der Waals surface area contributed by atoms with Crippen molar-refractivity contribution in [2.24, 2.45) is 0 Å². The van der Waals surface area contributed by atoms with Gasteiger partial charge in [0.25, 0.3) is 0 Å². The Morgan fingerprint density at radius 1 is 1.04 bits per heavy atom. The number of hydrogen-bond donors (Lipinski definition) is 2. The van der Waals surface area contributed by atoms with E-state index < -0.39 is 11.8 Å². The molecule has 1 aliphatic heterocycles. The lowest BCUT2D eigenvalue weighted by molar-refractivity contribution is -0.136. The maximum Gasteiger partial charge on any atom is 0.313 e. The van der Waals surface area contributed by atoms with Gasteiger partial charge < -0.3 is 15.5 Å². The van der Waals surface area contributed by atoms with E-state index in [1.807, 2.05) is 26.0 Å². The molecular weight excluding hydrogens is 338 g/mol. The van der Waals surface area contributed by atoms with Gasteiger partial charge in [-0.3, -0.25) is 9.59 Å². The van der Waals surface area contributed by atoms with Gasteiger partial charge in [0.05, 0.1) is 0 Å². The average molecular weight is 365 g/mol. The molecule has 142 valence electrons. The van der Waals surface area contributed by atoms with Crippen LogP contribution >= 0.6 is 0 Å². The lowest BCUT2D eigenvalue weighted by Crippen LogP contribution is -2.36. The number of benzene rings is 2. The summed E-state index contributed by atoms with van der Waals surface area (Å²) in [5.74, 6) is -1.24. The van der Waals surface area contributed by atoms with E-state index in [0.29, 0.717) is 18.7 Å². The number of nitrogens with one attached hydrogen (secondary N) is 2. The van der Waals surface area contributed by atoms with E-state index in [0.717, 1.165) is 24.1 Å². The number of aryl methyl sites for hydroxylation is 3. The zero-order chi connectivity index (χ0) is 19.4.